The van der Waals surface area contributed by atoms with Crippen molar-refractivity contribution >= 4 is 18.0 Å². The minimum Gasteiger partial charge on any atom is -0.480 e. The number of nitrogens with one attached hydrogen (secondary N) is 2. The van der Waals surface area contributed by atoms with Gasteiger partial charge in [-0.15, -0.1) is 0 Å². The topological polar surface area (TPSA) is 105 Å². The molecular formula is C27H32N2O5. The van der Waals surface area contributed by atoms with Gasteiger partial charge in [-0.3, -0.25) is 4.79 Å². The van der Waals surface area contributed by atoms with Crippen molar-refractivity contribution in [2.45, 2.75) is 69.4 Å². The zero-order valence-electron chi connectivity index (χ0n) is 19.5. The van der Waals surface area contributed by atoms with E-state index in [1.807, 2.05) is 36.4 Å². The number of hydrogen-bond donors (Lipinski definition) is 3. The molecule has 0 spiro atoms. The first-order chi connectivity index (χ1) is 16.4. The summed E-state index contributed by atoms with van der Waals surface area (Å²) in [6.45, 7) is 1.92. The van der Waals surface area contributed by atoms with Crippen LogP contribution in [0.3, 0.4) is 0 Å². The van der Waals surface area contributed by atoms with Crippen LogP contribution < -0.4 is 10.6 Å². The summed E-state index contributed by atoms with van der Waals surface area (Å²) in [6, 6.07) is 15.3. The molecule has 2 aliphatic rings. The summed E-state index contributed by atoms with van der Waals surface area (Å²) in [5.74, 6) is -1.58. The van der Waals surface area contributed by atoms with Gasteiger partial charge in [-0.2, -0.15) is 0 Å². The number of hydrogen-bond acceptors (Lipinski definition) is 4. The largest absolute Gasteiger partial charge is 0.480 e. The molecule has 34 heavy (non-hydrogen) atoms. The Morgan fingerprint density at radius 2 is 1.53 bits per heavy atom. The SMILES string of the molecule is CC[C@@H](NC(=O)OCC1c2ccccc2-c2ccccc21)C(=O)NC1(C(=O)O)CCCCCC1. The molecular weight excluding hydrogens is 432 g/mol. The number of amides is 2. The molecule has 0 aliphatic heterocycles. The number of carbonyl (C=O) groups is 3. The van der Waals surface area contributed by atoms with Gasteiger partial charge in [-0.05, 0) is 41.5 Å². The number of rotatable bonds is 7. The van der Waals surface area contributed by atoms with Gasteiger partial charge in [0.25, 0.3) is 0 Å². The molecule has 4 rings (SSSR count). The van der Waals surface area contributed by atoms with Crippen LogP contribution in [0.2, 0.25) is 0 Å². The van der Waals surface area contributed by atoms with Crippen LogP contribution in [0.25, 0.3) is 11.1 Å². The maximum Gasteiger partial charge on any atom is 0.407 e. The van der Waals surface area contributed by atoms with Crippen molar-refractivity contribution in [3.8, 4) is 11.1 Å². The van der Waals surface area contributed by atoms with Crippen molar-refractivity contribution in [3.05, 3.63) is 59.7 Å². The molecule has 0 saturated heterocycles. The Kier molecular flexibility index (Phi) is 7.20. The fourth-order valence-electron chi connectivity index (χ4n) is 5.18. The molecule has 2 aliphatic carbocycles. The van der Waals surface area contributed by atoms with Gasteiger partial charge in [0.2, 0.25) is 5.91 Å². The molecule has 2 aromatic carbocycles. The normalized spacial score (nSPS) is 17.6. The number of carbonyl (C=O) groups excluding carboxylic acids is 2. The van der Waals surface area contributed by atoms with E-state index in [4.69, 9.17) is 4.74 Å². The number of aliphatic carboxylic acids is 1. The Bertz CT molecular complexity index is 1010. The number of fused-ring (bicyclic) bond motifs is 3. The third-order valence-electron chi connectivity index (χ3n) is 7.09. The van der Waals surface area contributed by atoms with E-state index in [0.29, 0.717) is 19.3 Å². The van der Waals surface area contributed by atoms with E-state index < -0.39 is 29.6 Å². The standard InChI is InChI=1S/C27H32N2O5/c1-2-23(24(30)29-27(25(31)32)15-9-3-4-10-16-27)28-26(33)34-17-22-20-13-7-5-11-18(20)19-12-6-8-14-21(19)22/h5-8,11-14,22-23H,2-4,9-10,15-17H2,1H3,(H,28,33)(H,29,30)(H,31,32)/t23-/m1/s1. The van der Waals surface area contributed by atoms with Crippen LogP contribution in [0.5, 0.6) is 0 Å². The Balaban J connectivity index is 1.39. The molecule has 2 aromatic rings. The van der Waals surface area contributed by atoms with E-state index in [9.17, 15) is 19.5 Å². The summed E-state index contributed by atoms with van der Waals surface area (Å²) in [7, 11) is 0. The summed E-state index contributed by atoms with van der Waals surface area (Å²) in [4.78, 5) is 37.6. The van der Waals surface area contributed by atoms with E-state index in [2.05, 4.69) is 22.8 Å². The third-order valence-corrected chi connectivity index (χ3v) is 7.09. The van der Waals surface area contributed by atoms with Crippen LogP contribution in [0, 0.1) is 0 Å². The minimum absolute atomic E-state index is 0.0756. The monoisotopic (exact) mass is 464 g/mol. The van der Waals surface area contributed by atoms with Gasteiger partial charge >= 0.3 is 12.1 Å². The van der Waals surface area contributed by atoms with Crippen molar-refractivity contribution in [1.82, 2.24) is 10.6 Å². The number of benzene rings is 2. The quantitative estimate of drug-likeness (QED) is 0.520. The second-order valence-electron chi connectivity index (χ2n) is 9.22. The fourth-order valence-corrected chi connectivity index (χ4v) is 5.18. The van der Waals surface area contributed by atoms with E-state index in [-0.39, 0.29) is 12.5 Å². The van der Waals surface area contributed by atoms with E-state index in [0.717, 1.165) is 47.9 Å². The van der Waals surface area contributed by atoms with Gasteiger partial charge in [0.15, 0.2) is 0 Å². The van der Waals surface area contributed by atoms with Crippen molar-refractivity contribution in [2.75, 3.05) is 6.61 Å². The van der Waals surface area contributed by atoms with Crippen LogP contribution in [-0.4, -0.2) is 41.3 Å². The lowest BCUT2D eigenvalue weighted by Gasteiger charge is -2.31. The van der Waals surface area contributed by atoms with Crippen LogP contribution in [0.15, 0.2) is 48.5 Å². The lowest BCUT2D eigenvalue weighted by Crippen LogP contribution is -2.59. The zero-order valence-corrected chi connectivity index (χ0v) is 19.5. The van der Waals surface area contributed by atoms with Crippen molar-refractivity contribution in [2.24, 2.45) is 0 Å². The van der Waals surface area contributed by atoms with Gasteiger partial charge in [0.05, 0.1) is 0 Å². The average molecular weight is 465 g/mol. The molecule has 0 unspecified atom stereocenters. The van der Waals surface area contributed by atoms with Crippen molar-refractivity contribution in [3.63, 3.8) is 0 Å². The summed E-state index contributed by atoms with van der Waals surface area (Å²) in [6.07, 6.45) is 3.86. The highest BCUT2D eigenvalue weighted by Crippen LogP contribution is 2.44. The molecule has 3 N–H and O–H groups in total. The Morgan fingerprint density at radius 3 is 2.06 bits per heavy atom. The van der Waals surface area contributed by atoms with E-state index in [1.54, 1.807) is 6.92 Å². The highest BCUT2D eigenvalue weighted by molar-refractivity contribution is 5.91. The average Bonchev–Trinajstić information content (AvgIpc) is 2.97. The number of ether oxygens (including phenoxy) is 1. The first-order valence-corrected chi connectivity index (χ1v) is 12.1. The molecule has 0 aromatic heterocycles. The zero-order chi connectivity index (χ0) is 24.1. The van der Waals surface area contributed by atoms with Gasteiger partial charge in [-0.1, -0.05) is 81.1 Å². The smallest absolute Gasteiger partial charge is 0.407 e. The molecule has 2 amide bonds. The second-order valence-corrected chi connectivity index (χ2v) is 9.22. The van der Waals surface area contributed by atoms with Crippen LogP contribution >= 0.6 is 0 Å². The molecule has 1 saturated carbocycles. The van der Waals surface area contributed by atoms with E-state index in [1.165, 1.54) is 0 Å². The summed E-state index contributed by atoms with van der Waals surface area (Å²) in [5, 5.41) is 15.2. The lowest BCUT2D eigenvalue weighted by molar-refractivity contribution is -0.148. The number of carboxylic acid groups (broad SMARTS) is 1. The molecule has 7 heteroatoms. The first-order valence-electron chi connectivity index (χ1n) is 12.1. The Morgan fingerprint density at radius 1 is 0.971 bits per heavy atom. The maximum atomic E-state index is 12.9. The highest BCUT2D eigenvalue weighted by atomic mass is 16.5. The predicted molar refractivity (Wildman–Crippen MR) is 128 cm³/mol. The molecule has 0 heterocycles. The second kappa shape index (κ2) is 10.3. The lowest BCUT2D eigenvalue weighted by atomic mass is 9.89. The van der Waals surface area contributed by atoms with Crippen molar-refractivity contribution in [1.29, 1.82) is 0 Å². The molecule has 1 atom stereocenters. The summed E-state index contributed by atoms with van der Waals surface area (Å²) >= 11 is 0. The van der Waals surface area contributed by atoms with Gasteiger partial charge in [-0.25, -0.2) is 9.59 Å². The van der Waals surface area contributed by atoms with Crippen LogP contribution in [0.4, 0.5) is 4.79 Å². The summed E-state index contributed by atoms with van der Waals surface area (Å²) < 4.78 is 5.56. The fraction of sp³-hybridized carbons (Fsp3) is 0.444. The first kappa shape index (κ1) is 23.8. The van der Waals surface area contributed by atoms with Crippen LogP contribution in [-0.2, 0) is 14.3 Å². The van der Waals surface area contributed by atoms with Gasteiger partial charge in [0.1, 0.15) is 18.2 Å². The van der Waals surface area contributed by atoms with E-state index >= 15 is 0 Å². The molecule has 7 nitrogen and oxygen atoms in total. The number of alkyl carbamates (subject to hydrolysis) is 1. The third kappa shape index (κ3) is 4.79. The van der Waals surface area contributed by atoms with Crippen molar-refractivity contribution < 1.29 is 24.2 Å². The van der Waals surface area contributed by atoms with Gasteiger partial charge in [0, 0.05) is 5.92 Å². The molecule has 0 bridgehead atoms. The van der Waals surface area contributed by atoms with Crippen LogP contribution in [0.1, 0.15) is 68.9 Å². The Labute approximate surface area is 199 Å². The Hall–Kier alpha value is -3.35. The van der Waals surface area contributed by atoms with Gasteiger partial charge < -0.3 is 20.5 Å². The number of carboxylic acids is 1. The predicted octanol–water partition coefficient (Wildman–Crippen LogP) is 4.60. The minimum atomic E-state index is -1.27. The molecule has 0 radical (unpaired) electrons. The summed E-state index contributed by atoms with van der Waals surface area (Å²) in [5.41, 5.74) is 3.22. The maximum absolute atomic E-state index is 12.9. The highest BCUT2D eigenvalue weighted by Gasteiger charge is 2.41. The molecule has 1 fully saturated rings. The molecule has 180 valence electrons.